The van der Waals surface area contributed by atoms with E-state index in [1.54, 1.807) is 6.08 Å². The van der Waals surface area contributed by atoms with E-state index >= 15 is 0 Å². The molecule has 0 saturated carbocycles. The number of aliphatic hydroxyl groups is 1. The first kappa shape index (κ1) is 23.8. The Morgan fingerprint density at radius 3 is 2.71 bits per heavy atom. The van der Waals surface area contributed by atoms with Crippen LogP contribution in [0.3, 0.4) is 0 Å². The SMILES string of the molecule is C=CCCCC1CC(OC(=O)c2ccc(S(C)(=O)=O)cc2)CC(O)(C2CSC(=O)N2)O1. The smallest absolute Gasteiger partial charge is 0.338 e. The third-order valence-corrected chi connectivity index (χ3v) is 7.37. The van der Waals surface area contributed by atoms with E-state index in [9.17, 15) is 23.1 Å². The quantitative estimate of drug-likeness (QED) is 0.339. The molecule has 2 aliphatic rings. The molecule has 170 valence electrons. The van der Waals surface area contributed by atoms with Crippen LogP contribution in [0.25, 0.3) is 0 Å². The number of thioether (sulfide) groups is 1. The molecule has 0 spiro atoms. The Kier molecular flexibility index (Phi) is 7.46. The second-order valence-corrected chi connectivity index (χ2v) is 10.9. The molecule has 2 heterocycles. The molecule has 1 aromatic rings. The summed E-state index contributed by atoms with van der Waals surface area (Å²) in [6, 6.07) is 4.92. The lowest BCUT2D eigenvalue weighted by atomic mass is 9.91. The van der Waals surface area contributed by atoms with E-state index in [2.05, 4.69) is 11.9 Å². The normalized spacial score (nSPS) is 28.7. The van der Waals surface area contributed by atoms with E-state index in [-0.39, 0.29) is 28.2 Å². The maximum atomic E-state index is 12.6. The molecule has 31 heavy (non-hydrogen) atoms. The first-order valence-electron chi connectivity index (χ1n) is 10.1. The molecule has 4 atom stereocenters. The zero-order chi connectivity index (χ0) is 22.6. The summed E-state index contributed by atoms with van der Waals surface area (Å²) in [5, 5.41) is 13.7. The van der Waals surface area contributed by atoms with Crippen molar-refractivity contribution in [1.29, 1.82) is 0 Å². The summed E-state index contributed by atoms with van der Waals surface area (Å²) in [5.74, 6) is -1.88. The molecule has 0 aromatic heterocycles. The number of rotatable bonds is 8. The summed E-state index contributed by atoms with van der Waals surface area (Å²) in [7, 11) is -3.37. The van der Waals surface area contributed by atoms with Crippen LogP contribution in [0.15, 0.2) is 41.8 Å². The van der Waals surface area contributed by atoms with Crippen LogP contribution in [0.2, 0.25) is 0 Å². The fourth-order valence-electron chi connectivity index (χ4n) is 3.75. The van der Waals surface area contributed by atoms with Crippen molar-refractivity contribution in [2.24, 2.45) is 0 Å². The summed E-state index contributed by atoms with van der Waals surface area (Å²) in [6.07, 6.45) is 4.65. The minimum Gasteiger partial charge on any atom is -0.458 e. The van der Waals surface area contributed by atoms with Gasteiger partial charge in [-0.15, -0.1) is 6.58 Å². The van der Waals surface area contributed by atoms with Gasteiger partial charge < -0.3 is 19.9 Å². The van der Waals surface area contributed by atoms with Crippen molar-refractivity contribution in [3.05, 3.63) is 42.5 Å². The van der Waals surface area contributed by atoms with Gasteiger partial charge in [0.2, 0.25) is 0 Å². The molecule has 0 radical (unpaired) electrons. The van der Waals surface area contributed by atoms with E-state index in [1.807, 2.05) is 0 Å². The van der Waals surface area contributed by atoms with Gasteiger partial charge in [0.1, 0.15) is 6.10 Å². The molecule has 2 fully saturated rings. The lowest BCUT2D eigenvalue weighted by molar-refractivity contribution is -0.281. The lowest BCUT2D eigenvalue weighted by Gasteiger charge is -2.43. The first-order chi connectivity index (χ1) is 14.6. The van der Waals surface area contributed by atoms with Gasteiger partial charge >= 0.3 is 5.97 Å². The van der Waals surface area contributed by atoms with Gasteiger partial charge in [0.05, 0.1) is 22.6 Å². The summed E-state index contributed by atoms with van der Waals surface area (Å²) in [4.78, 5) is 24.4. The van der Waals surface area contributed by atoms with Gasteiger partial charge in [0, 0.05) is 24.9 Å². The highest BCUT2D eigenvalue weighted by Crippen LogP contribution is 2.36. The van der Waals surface area contributed by atoms with E-state index < -0.39 is 33.7 Å². The molecule has 10 heteroatoms. The van der Waals surface area contributed by atoms with Crippen LogP contribution >= 0.6 is 11.8 Å². The van der Waals surface area contributed by atoms with Gasteiger partial charge in [0.25, 0.3) is 5.24 Å². The van der Waals surface area contributed by atoms with Gasteiger partial charge in [0.15, 0.2) is 15.6 Å². The monoisotopic (exact) mass is 469 g/mol. The Hall–Kier alpha value is -1.88. The molecule has 3 rings (SSSR count). The maximum absolute atomic E-state index is 12.6. The molecule has 2 aliphatic heterocycles. The van der Waals surface area contributed by atoms with Crippen LogP contribution in [0.4, 0.5) is 4.79 Å². The minimum absolute atomic E-state index is 0.0314. The number of unbranched alkanes of at least 4 members (excludes halogenated alkanes) is 1. The number of carbonyl (C=O) groups excluding carboxylic acids is 2. The predicted octanol–water partition coefficient (Wildman–Crippen LogP) is 2.66. The van der Waals surface area contributed by atoms with Gasteiger partial charge in [-0.05, 0) is 43.5 Å². The number of nitrogens with one attached hydrogen (secondary N) is 1. The number of ether oxygens (including phenoxy) is 2. The maximum Gasteiger partial charge on any atom is 0.338 e. The highest BCUT2D eigenvalue weighted by molar-refractivity contribution is 8.14. The standard InChI is InChI=1S/C21H27NO7S2/c1-3-4-5-6-15-11-16(12-21(25,29-15)18-13-30-20(24)22-18)28-19(23)14-7-9-17(10-8-14)31(2,26)27/h3,7-10,15-16,18,25H,1,4-6,11-13H2,2H3,(H,22,24). The highest BCUT2D eigenvalue weighted by Gasteiger charge is 2.49. The van der Waals surface area contributed by atoms with Crippen molar-refractivity contribution < 1.29 is 32.6 Å². The van der Waals surface area contributed by atoms with Crippen LogP contribution in [0.1, 0.15) is 42.5 Å². The third kappa shape index (κ3) is 6.09. The molecule has 2 N–H and O–H groups in total. The van der Waals surface area contributed by atoms with Gasteiger partial charge in [-0.1, -0.05) is 17.8 Å². The third-order valence-electron chi connectivity index (χ3n) is 5.36. The minimum atomic E-state index is -3.37. The van der Waals surface area contributed by atoms with Crippen LogP contribution in [0, 0.1) is 0 Å². The fourth-order valence-corrected chi connectivity index (χ4v) is 5.27. The molecule has 4 unspecified atom stereocenters. The van der Waals surface area contributed by atoms with Crippen molar-refractivity contribution in [2.45, 2.75) is 61.0 Å². The van der Waals surface area contributed by atoms with Crippen molar-refractivity contribution in [3.8, 4) is 0 Å². The largest absolute Gasteiger partial charge is 0.458 e. The zero-order valence-corrected chi connectivity index (χ0v) is 18.9. The van der Waals surface area contributed by atoms with E-state index in [4.69, 9.17) is 9.47 Å². The van der Waals surface area contributed by atoms with Crippen LogP contribution in [-0.2, 0) is 19.3 Å². The Bertz CT molecular complexity index is 932. The summed E-state index contributed by atoms with van der Waals surface area (Å²) in [6.45, 7) is 3.71. The summed E-state index contributed by atoms with van der Waals surface area (Å²) in [5.41, 5.74) is 0.218. The lowest BCUT2D eigenvalue weighted by Crippen LogP contribution is -2.58. The average Bonchev–Trinajstić information content (AvgIpc) is 3.15. The number of carbonyl (C=O) groups is 2. The number of hydrogen-bond acceptors (Lipinski definition) is 8. The Labute approximate surface area is 186 Å². The molecule has 8 nitrogen and oxygen atoms in total. The molecular formula is C21H27NO7S2. The second-order valence-electron chi connectivity index (χ2n) is 7.86. The number of hydrogen-bond donors (Lipinski definition) is 2. The fraction of sp³-hybridized carbons (Fsp3) is 0.524. The van der Waals surface area contributed by atoms with Gasteiger partial charge in [-0.2, -0.15) is 0 Å². The number of amides is 1. The summed E-state index contributed by atoms with van der Waals surface area (Å²) < 4.78 is 34.8. The Morgan fingerprint density at radius 2 is 2.13 bits per heavy atom. The number of esters is 1. The number of allylic oxidation sites excluding steroid dienone is 1. The predicted molar refractivity (Wildman–Crippen MR) is 117 cm³/mol. The zero-order valence-electron chi connectivity index (χ0n) is 17.3. The number of benzene rings is 1. The highest BCUT2D eigenvalue weighted by atomic mass is 32.2. The molecule has 0 aliphatic carbocycles. The Balaban J connectivity index is 1.72. The number of sulfone groups is 1. The average molecular weight is 470 g/mol. The summed E-state index contributed by atoms with van der Waals surface area (Å²) >= 11 is 1.08. The van der Waals surface area contributed by atoms with Gasteiger partial charge in [-0.3, -0.25) is 4.79 Å². The molecule has 1 aromatic carbocycles. The Morgan fingerprint density at radius 1 is 1.42 bits per heavy atom. The molecule has 2 saturated heterocycles. The van der Waals surface area contributed by atoms with Crippen molar-refractivity contribution in [3.63, 3.8) is 0 Å². The van der Waals surface area contributed by atoms with Crippen LogP contribution in [0.5, 0.6) is 0 Å². The van der Waals surface area contributed by atoms with Crippen LogP contribution < -0.4 is 5.32 Å². The van der Waals surface area contributed by atoms with E-state index in [1.165, 1.54) is 24.3 Å². The van der Waals surface area contributed by atoms with E-state index in [0.717, 1.165) is 30.9 Å². The topological polar surface area (TPSA) is 119 Å². The second kappa shape index (κ2) is 9.72. The van der Waals surface area contributed by atoms with Crippen molar-refractivity contribution in [1.82, 2.24) is 5.32 Å². The molecular weight excluding hydrogens is 442 g/mol. The first-order valence-corrected chi connectivity index (χ1v) is 12.9. The van der Waals surface area contributed by atoms with Gasteiger partial charge in [-0.25, -0.2) is 13.2 Å². The van der Waals surface area contributed by atoms with E-state index in [0.29, 0.717) is 18.6 Å². The van der Waals surface area contributed by atoms with Crippen molar-refractivity contribution in [2.75, 3.05) is 12.0 Å². The molecule has 1 amide bonds. The van der Waals surface area contributed by atoms with Crippen molar-refractivity contribution >= 4 is 32.8 Å². The van der Waals surface area contributed by atoms with Crippen LogP contribution in [-0.4, -0.2) is 60.8 Å². The molecule has 0 bridgehead atoms.